The van der Waals surface area contributed by atoms with Gasteiger partial charge in [-0.05, 0) is 25.1 Å². The van der Waals surface area contributed by atoms with Crippen LogP contribution in [-0.4, -0.2) is 13.1 Å². The minimum atomic E-state index is -0.356. The van der Waals surface area contributed by atoms with E-state index in [4.69, 9.17) is 4.74 Å². The number of para-hydroxylation sites is 1. The summed E-state index contributed by atoms with van der Waals surface area (Å²) < 4.78 is 5.38. The van der Waals surface area contributed by atoms with E-state index in [2.05, 4.69) is 6.07 Å². The van der Waals surface area contributed by atoms with E-state index in [0.717, 1.165) is 22.4 Å². The zero-order valence-electron chi connectivity index (χ0n) is 10.3. The van der Waals surface area contributed by atoms with Crippen LogP contribution < -0.4 is 9.64 Å². The molecule has 3 heteroatoms. The van der Waals surface area contributed by atoms with Gasteiger partial charge in [0.15, 0.2) is 0 Å². The summed E-state index contributed by atoms with van der Waals surface area (Å²) in [6.07, 6.45) is -0.356. The largest absolute Gasteiger partial charge is 0.419 e. The number of hydrogen-bond acceptors (Lipinski definition) is 2. The predicted octanol–water partition coefficient (Wildman–Crippen LogP) is 3.61. The predicted molar refractivity (Wildman–Crippen MR) is 71.0 cm³/mol. The number of amides is 1. The standard InChI is InChI=1S/C15H13NO2/c1-10-7-8-13-12(9-10)11-5-3-4-6-14(11)18-15(17)16(13)2/h3-9H,1-2H3. The van der Waals surface area contributed by atoms with Crippen LogP contribution in [0.5, 0.6) is 5.75 Å². The third kappa shape index (κ3) is 1.56. The Kier molecular flexibility index (Phi) is 2.33. The van der Waals surface area contributed by atoms with Crippen LogP contribution in [0.25, 0.3) is 11.1 Å². The minimum absolute atomic E-state index is 0.356. The molecule has 0 unspecified atom stereocenters. The summed E-state index contributed by atoms with van der Waals surface area (Å²) in [5.74, 6) is 0.610. The maximum Gasteiger partial charge on any atom is 0.419 e. The number of carbonyl (C=O) groups is 1. The van der Waals surface area contributed by atoms with Crippen LogP contribution >= 0.6 is 0 Å². The van der Waals surface area contributed by atoms with E-state index >= 15 is 0 Å². The molecule has 0 saturated carbocycles. The monoisotopic (exact) mass is 239 g/mol. The van der Waals surface area contributed by atoms with Crippen molar-refractivity contribution >= 4 is 11.8 Å². The Morgan fingerprint density at radius 2 is 1.83 bits per heavy atom. The molecule has 0 N–H and O–H groups in total. The molecule has 2 aromatic rings. The molecule has 0 radical (unpaired) electrons. The first-order valence-corrected chi connectivity index (χ1v) is 5.82. The van der Waals surface area contributed by atoms with Crippen molar-refractivity contribution in [1.82, 2.24) is 0 Å². The van der Waals surface area contributed by atoms with Gasteiger partial charge in [0.2, 0.25) is 0 Å². The van der Waals surface area contributed by atoms with Gasteiger partial charge in [-0.1, -0.05) is 29.8 Å². The highest BCUT2D eigenvalue weighted by Crippen LogP contribution is 2.39. The number of carbonyl (C=O) groups excluding carboxylic acids is 1. The third-order valence-electron chi connectivity index (χ3n) is 3.16. The van der Waals surface area contributed by atoms with Gasteiger partial charge >= 0.3 is 6.09 Å². The first-order chi connectivity index (χ1) is 8.66. The van der Waals surface area contributed by atoms with E-state index in [9.17, 15) is 4.79 Å². The van der Waals surface area contributed by atoms with Gasteiger partial charge in [0.1, 0.15) is 5.75 Å². The Bertz CT molecular complexity index is 634. The second-order valence-corrected chi connectivity index (χ2v) is 4.44. The smallest absolute Gasteiger partial charge is 0.409 e. The molecule has 1 aliphatic heterocycles. The maximum absolute atomic E-state index is 11.9. The van der Waals surface area contributed by atoms with Crippen LogP contribution in [0.15, 0.2) is 42.5 Å². The van der Waals surface area contributed by atoms with E-state index in [1.165, 1.54) is 4.90 Å². The average molecular weight is 239 g/mol. The molecule has 2 aromatic carbocycles. The molecule has 18 heavy (non-hydrogen) atoms. The first kappa shape index (κ1) is 10.8. The molecule has 0 fully saturated rings. The van der Waals surface area contributed by atoms with Crippen molar-refractivity contribution in [3.8, 4) is 16.9 Å². The van der Waals surface area contributed by atoms with Gasteiger partial charge in [-0.2, -0.15) is 0 Å². The third-order valence-corrected chi connectivity index (χ3v) is 3.16. The quantitative estimate of drug-likeness (QED) is 0.702. The average Bonchev–Trinajstić information content (AvgIpc) is 2.47. The van der Waals surface area contributed by atoms with E-state index in [1.807, 2.05) is 43.3 Å². The highest BCUT2D eigenvalue weighted by atomic mass is 16.6. The second kappa shape index (κ2) is 3.88. The summed E-state index contributed by atoms with van der Waals surface area (Å²) in [5.41, 5.74) is 4.01. The Morgan fingerprint density at radius 1 is 1.06 bits per heavy atom. The van der Waals surface area contributed by atoms with Crippen molar-refractivity contribution in [3.05, 3.63) is 48.0 Å². The number of rotatable bonds is 0. The molecule has 1 amide bonds. The molecule has 90 valence electrons. The van der Waals surface area contributed by atoms with E-state index < -0.39 is 0 Å². The number of hydrogen-bond donors (Lipinski definition) is 0. The number of fused-ring (bicyclic) bond motifs is 3. The summed E-state index contributed by atoms with van der Waals surface area (Å²) in [4.78, 5) is 13.5. The molecular weight excluding hydrogens is 226 g/mol. The lowest BCUT2D eigenvalue weighted by atomic mass is 10.0. The summed E-state index contributed by atoms with van der Waals surface area (Å²) in [5, 5.41) is 0. The Balaban J connectivity index is 2.34. The number of benzene rings is 2. The van der Waals surface area contributed by atoms with Crippen molar-refractivity contribution in [2.24, 2.45) is 0 Å². The van der Waals surface area contributed by atoms with Crippen LogP contribution in [-0.2, 0) is 0 Å². The van der Waals surface area contributed by atoms with Crippen LogP contribution in [0.2, 0.25) is 0 Å². The number of nitrogens with zero attached hydrogens (tertiary/aromatic N) is 1. The van der Waals surface area contributed by atoms with Crippen molar-refractivity contribution in [2.45, 2.75) is 6.92 Å². The van der Waals surface area contributed by atoms with Gasteiger partial charge in [0, 0.05) is 18.2 Å². The normalized spacial score (nSPS) is 13.4. The van der Waals surface area contributed by atoms with Gasteiger partial charge in [0.25, 0.3) is 0 Å². The molecule has 3 rings (SSSR count). The topological polar surface area (TPSA) is 29.5 Å². The zero-order valence-corrected chi connectivity index (χ0v) is 10.3. The Labute approximate surface area is 106 Å². The maximum atomic E-state index is 11.9. The van der Waals surface area contributed by atoms with Gasteiger partial charge in [-0.3, -0.25) is 4.90 Å². The highest BCUT2D eigenvalue weighted by molar-refractivity contribution is 5.98. The van der Waals surface area contributed by atoms with Crippen molar-refractivity contribution in [3.63, 3.8) is 0 Å². The van der Waals surface area contributed by atoms with E-state index in [1.54, 1.807) is 7.05 Å². The lowest BCUT2D eigenvalue weighted by molar-refractivity contribution is 0.209. The summed E-state index contributed by atoms with van der Waals surface area (Å²) in [6, 6.07) is 13.6. The van der Waals surface area contributed by atoms with Gasteiger partial charge in [-0.25, -0.2) is 4.79 Å². The fraction of sp³-hybridized carbons (Fsp3) is 0.133. The SMILES string of the molecule is Cc1ccc2c(c1)-c1ccccc1OC(=O)N2C. The molecule has 0 aliphatic carbocycles. The molecule has 1 aliphatic rings. The fourth-order valence-electron chi connectivity index (χ4n) is 2.20. The first-order valence-electron chi connectivity index (χ1n) is 5.82. The lowest BCUT2D eigenvalue weighted by Crippen LogP contribution is -2.28. The molecule has 0 atom stereocenters. The molecule has 0 saturated heterocycles. The molecule has 0 spiro atoms. The van der Waals surface area contributed by atoms with Crippen LogP contribution in [0.1, 0.15) is 5.56 Å². The minimum Gasteiger partial charge on any atom is -0.409 e. The van der Waals surface area contributed by atoms with Crippen molar-refractivity contribution < 1.29 is 9.53 Å². The summed E-state index contributed by atoms with van der Waals surface area (Å²) >= 11 is 0. The van der Waals surface area contributed by atoms with Crippen molar-refractivity contribution in [2.75, 3.05) is 11.9 Å². The van der Waals surface area contributed by atoms with Crippen molar-refractivity contribution in [1.29, 1.82) is 0 Å². The number of ether oxygens (including phenoxy) is 1. The van der Waals surface area contributed by atoms with Gasteiger partial charge < -0.3 is 4.74 Å². The van der Waals surface area contributed by atoms with Gasteiger partial charge in [-0.15, -0.1) is 0 Å². The summed E-state index contributed by atoms with van der Waals surface area (Å²) in [7, 11) is 1.72. The zero-order chi connectivity index (χ0) is 12.7. The Morgan fingerprint density at radius 3 is 2.67 bits per heavy atom. The number of anilines is 1. The van der Waals surface area contributed by atoms with E-state index in [-0.39, 0.29) is 6.09 Å². The van der Waals surface area contributed by atoms with E-state index in [0.29, 0.717) is 5.75 Å². The highest BCUT2D eigenvalue weighted by Gasteiger charge is 2.24. The van der Waals surface area contributed by atoms with Crippen LogP contribution in [0.3, 0.4) is 0 Å². The molecule has 1 heterocycles. The van der Waals surface area contributed by atoms with Crippen LogP contribution in [0, 0.1) is 6.92 Å². The molecule has 0 aromatic heterocycles. The van der Waals surface area contributed by atoms with Gasteiger partial charge in [0.05, 0.1) is 5.69 Å². The molecular formula is C15H13NO2. The lowest BCUT2D eigenvalue weighted by Gasteiger charge is -2.16. The van der Waals surface area contributed by atoms with Crippen LogP contribution in [0.4, 0.5) is 10.5 Å². The fourth-order valence-corrected chi connectivity index (χ4v) is 2.20. The second-order valence-electron chi connectivity index (χ2n) is 4.44. The summed E-state index contributed by atoms with van der Waals surface area (Å²) in [6.45, 7) is 2.04. The molecule has 3 nitrogen and oxygen atoms in total. The molecule has 0 bridgehead atoms. The Hall–Kier alpha value is -2.29. The number of aryl methyl sites for hydroxylation is 1.